The van der Waals surface area contributed by atoms with Gasteiger partial charge in [0.25, 0.3) is 0 Å². The Morgan fingerprint density at radius 3 is 2.45 bits per heavy atom. The SMILES string of the molecule is CC(NCc1ccc(F)c(Cl)c1)c1ccc(F)cc1F. The van der Waals surface area contributed by atoms with E-state index >= 15 is 0 Å². The van der Waals surface area contributed by atoms with Crippen LogP contribution in [-0.2, 0) is 6.54 Å². The molecule has 0 aliphatic carbocycles. The van der Waals surface area contributed by atoms with E-state index in [4.69, 9.17) is 11.6 Å². The molecule has 0 radical (unpaired) electrons. The Balaban J connectivity index is 2.04. The van der Waals surface area contributed by atoms with Gasteiger partial charge in [0.1, 0.15) is 17.5 Å². The van der Waals surface area contributed by atoms with Gasteiger partial charge in [-0.25, -0.2) is 13.2 Å². The molecule has 1 N–H and O–H groups in total. The smallest absolute Gasteiger partial charge is 0.141 e. The van der Waals surface area contributed by atoms with Crippen molar-refractivity contribution in [2.45, 2.75) is 19.5 Å². The zero-order chi connectivity index (χ0) is 14.7. The molecular weight excluding hydrogens is 287 g/mol. The third-order valence-electron chi connectivity index (χ3n) is 3.03. The molecule has 0 amide bonds. The van der Waals surface area contributed by atoms with Crippen molar-refractivity contribution in [3.63, 3.8) is 0 Å². The molecule has 0 aromatic heterocycles. The van der Waals surface area contributed by atoms with E-state index in [2.05, 4.69) is 5.32 Å². The largest absolute Gasteiger partial charge is 0.306 e. The molecule has 0 heterocycles. The van der Waals surface area contributed by atoms with Crippen molar-refractivity contribution in [2.24, 2.45) is 0 Å². The van der Waals surface area contributed by atoms with Gasteiger partial charge >= 0.3 is 0 Å². The van der Waals surface area contributed by atoms with E-state index in [0.717, 1.165) is 11.6 Å². The lowest BCUT2D eigenvalue weighted by Gasteiger charge is -2.15. The second kappa shape index (κ2) is 6.29. The summed E-state index contributed by atoms with van der Waals surface area (Å²) in [5.74, 6) is -1.68. The molecule has 5 heteroatoms. The lowest BCUT2D eigenvalue weighted by molar-refractivity contribution is 0.517. The van der Waals surface area contributed by atoms with Crippen molar-refractivity contribution in [1.29, 1.82) is 0 Å². The standard InChI is InChI=1S/C15H13ClF3N/c1-9(12-4-3-11(17)7-15(12)19)20-8-10-2-5-14(18)13(16)6-10/h2-7,9,20H,8H2,1H3. The van der Waals surface area contributed by atoms with E-state index in [1.165, 1.54) is 24.3 Å². The lowest BCUT2D eigenvalue weighted by atomic mass is 10.1. The maximum absolute atomic E-state index is 13.6. The maximum atomic E-state index is 13.6. The zero-order valence-corrected chi connectivity index (χ0v) is 11.5. The average Bonchev–Trinajstić information content (AvgIpc) is 2.40. The Labute approximate surface area is 120 Å². The van der Waals surface area contributed by atoms with E-state index in [9.17, 15) is 13.2 Å². The van der Waals surface area contributed by atoms with Gasteiger partial charge in [0, 0.05) is 24.2 Å². The fraction of sp³-hybridized carbons (Fsp3) is 0.200. The van der Waals surface area contributed by atoms with Gasteiger partial charge in [-0.15, -0.1) is 0 Å². The molecule has 0 saturated heterocycles. The second-order valence-electron chi connectivity index (χ2n) is 4.52. The van der Waals surface area contributed by atoms with Gasteiger partial charge in [-0.1, -0.05) is 23.7 Å². The first-order chi connectivity index (χ1) is 9.47. The summed E-state index contributed by atoms with van der Waals surface area (Å²) in [5, 5.41) is 3.12. The molecule has 106 valence electrons. The number of nitrogens with one attached hydrogen (secondary N) is 1. The fourth-order valence-corrected chi connectivity index (χ4v) is 2.09. The number of hydrogen-bond acceptors (Lipinski definition) is 1. The van der Waals surface area contributed by atoms with Crippen LogP contribution < -0.4 is 5.32 Å². The molecule has 0 fully saturated rings. The van der Waals surface area contributed by atoms with E-state index < -0.39 is 17.5 Å². The summed E-state index contributed by atoms with van der Waals surface area (Å²) in [6.07, 6.45) is 0. The van der Waals surface area contributed by atoms with Crippen LogP contribution in [0.5, 0.6) is 0 Å². The molecule has 0 aliphatic heterocycles. The van der Waals surface area contributed by atoms with Gasteiger partial charge in [0.15, 0.2) is 0 Å². The number of halogens is 4. The molecule has 0 bridgehead atoms. The maximum Gasteiger partial charge on any atom is 0.141 e. The van der Waals surface area contributed by atoms with Crippen LogP contribution in [0.15, 0.2) is 36.4 Å². The van der Waals surface area contributed by atoms with Gasteiger partial charge in [-0.3, -0.25) is 0 Å². The van der Waals surface area contributed by atoms with Gasteiger partial charge < -0.3 is 5.32 Å². The topological polar surface area (TPSA) is 12.0 Å². The molecule has 2 rings (SSSR count). The first-order valence-electron chi connectivity index (χ1n) is 6.09. The summed E-state index contributed by atoms with van der Waals surface area (Å²) in [6.45, 7) is 2.17. The first-order valence-corrected chi connectivity index (χ1v) is 6.47. The second-order valence-corrected chi connectivity index (χ2v) is 4.92. The van der Waals surface area contributed by atoms with Crippen molar-refractivity contribution in [1.82, 2.24) is 5.32 Å². The van der Waals surface area contributed by atoms with E-state index in [-0.39, 0.29) is 11.1 Å². The molecule has 20 heavy (non-hydrogen) atoms. The highest BCUT2D eigenvalue weighted by atomic mass is 35.5. The van der Waals surface area contributed by atoms with Crippen LogP contribution in [0.4, 0.5) is 13.2 Å². The molecule has 1 unspecified atom stereocenters. The normalized spacial score (nSPS) is 12.4. The zero-order valence-electron chi connectivity index (χ0n) is 10.8. The lowest BCUT2D eigenvalue weighted by Crippen LogP contribution is -2.19. The first kappa shape index (κ1) is 14.9. The summed E-state index contributed by atoms with van der Waals surface area (Å²) in [4.78, 5) is 0. The molecule has 0 aliphatic rings. The van der Waals surface area contributed by atoms with Crippen LogP contribution in [0.3, 0.4) is 0 Å². The Kier molecular flexibility index (Phi) is 4.68. The van der Waals surface area contributed by atoms with Crippen molar-refractivity contribution < 1.29 is 13.2 Å². The minimum absolute atomic E-state index is 0.0462. The molecule has 1 nitrogen and oxygen atoms in total. The van der Waals surface area contributed by atoms with Crippen molar-refractivity contribution in [3.05, 3.63) is 70.0 Å². The quantitative estimate of drug-likeness (QED) is 0.869. The van der Waals surface area contributed by atoms with Gasteiger partial charge in [-0.2, -0.15) is 0 Å². The Hall–Kier alpha value is -1.52. The van der Waals surface area contributed by atoms with E-state index in [0.29, 0.717) is 12.1 Å². The number of rotatable bonds is 4. The van der Waals surface area contributed by atoms with Gasteiger partial charge in [-0.05, 0) is 30.7 Å². The predicted octanol–water partition coefficient (Wildman–Crippen LogP) is 4.61. The highest BCUT2D eigenvalue weighted by Gasteiger charge is 2.11. The van der Waals surface area contributed by atoms with Crippen LogP contribution in [0, 0.1) is 17.5 Å². The molecular formula is C15H13ClF3N. The van der Waals surface area contributed by atoms with E-state index in [1.807, 2.05) is 0 Å². The summed E-state index contributed by atoms with van der Waals surface area (Å²) in [5.41, 5.74) is 1.16. The third-order valence-corrected chi connectivity index (χ3v) is 3.32. The summed E-state index contributed by atoms with van der Waals surface area (Å²) in [7, 11) is 0. The summed E-state index contributed by atoms with van der Waals surface area (Å²) < 4.78 is 39.4. The molecule has 0 spiro atoms. The predicted molar refractivity (Wildman–Crippen MR) is 73.0 cm³/mol. The Morgan fingerprint density at radius 2 is 1.80 bits per heavy atom. The van der Waals surface area contributed by atoms with Crippen LogP contribution in [0.1, 0.15) is 24.1 Å². The minimum atomic E-state index is -0.608. The third kappa shape index (κ3) is 3.52. The molecule has 2 aromatic carbocycles. The average molecular weight is 300 g/mol. The highest BCUT2D eigenvalue weighted by Crippen LogP contribution is 2.20. The van der Waals surface area contributed by atoms with Gasteiger partial charge in [0.2, 0.25) is 0 Å². The van der Waals surface area contributed by atoms with Crippen molar-refractivity contribution in [3.8, 4) is 0 Å². The number of hydrogen-bond donors (Lipinski definition) is 1. The molecule has 1 atom stereocenters. The summed E-state index contributed by atoms with van der Waals surface area (Å²) in [6, 6.07) is 7.55. The Morgan fingerprint density at radius 1 is 1.05 bits per heavy atom. The Bertz CT molecular complexity index is 616. The van der Waals surface area contributed by atoms with Gasteiger partial charge in [0.05, 0.1) is 5.02 Å². The van der Waals surface area contributed by atoms with Crippen LogP contribution in [0.25, 0.3) is 0 Å². The van der Waals surface area contributed by atoms with E-state index in [1.54, 1.807) is 13.0 Å². The minimum Gasteiger partial charge on any atom is -0.306 e. The summed E-state index contributed by atoms with van der Waals surface area (Å²) >= 11 is 5.68. The van der Waals surface area contributed by atoms with Crippen LogP contribution in [-0.4, -0.2) is 0 Å². The highest BCUT2D eigenvalue weighted by molar-refractivity contribution is 6.30. The van der Waals surface area contributed by atoms with Crippen LogP contribution in [0.2, 0.25) is 5.02 Å². The van der Waals surface area contributed by atoms with Crippen molar-refractivity contribution >= 4 is 11.6 Å². The van der Waals surface area contributed by atoms with Crippen LogP contribution >= 0.6 is 11.6 Å². The van der Waals surface area contributed by atoms with Crippen molar-refractivity contribution in [2.75, 3.05) is 0 Å². The molecule has 0 saturated carbocycles. The monoisotopic (exact) mass is 299 g/mol. The molecule has 2 aromatic rings. The fourth-order valence-electron chi connectivity index (χ4n) is 1.88. The number of benzene rings is 2.